The van der Waals surface area contributed by atoms with Gasteiger partial charge in [-0.25, -0.2) is 0 Å². The second-order valence-corrected chi connectivity index (χ2v) is 11.1. The molecule has 3 saturated heterocycles. The Bertz CT molecular complexity index is 714. The molecule has 222 valence electrons. The molecule has 14 atom stereocenters. The third kappa shape index (κ3) is 6.87. The number of fused-ring (bicyclic) bond motifs is 1. The lowest BCUT2D eigenvalue weighted by molar-refractivity contribution is -0.352. The first-order chi connectivity index (χ1) is 18.2. The van der Waals surface area contributed by atoms with Crippen LogP contribution in [0, 0.1) is 5.92 Å². The number of ether oxygens (including phenoxy) is 7. The van der Waals surface area contributed by atoms with Crippen molar-refractivity contribution in [3.8, 4) is 0 Å². The Morgan fingerprint density at radius 2 is 1.55 bits per heavy atom. The van der Waals surface area contributed by atoms with E-state index >= 15 is 0 Å². The fraction of sp³-hybridized carbons (Fsp3) is 1.00. The van der Waals surface area contributed by atoms with Gasteiger partial charge in [-0.2, -0.15) is 0 Å². The summed E-state index contributed by atoms with van der Waals surface area (Å²) in [5, 5.41) is 51.8. The zero-order chi connectivity index (χ0) is 27.4. The van der Waals surface area contributed by atoms with Gasteiger partial charge in [0.1, 0.15) is 42.7 Å². The highest BCUT2D eigenvalue weighted by atomic mass is 16.7. The van der Waals surface area contributed by atoms with E-state index < -0.39 is 80.2 Å². The Morgan fingerprint density at radius 3 is 2.29 bits per heavy atom. The SMILES string of the molecule is COC[C@H]1CCCCOC2C(O1)[C@@H](O)C(CO)O[C@H]2O[C@@H]1CCC[C@@H](C)C1O[C@@H]1OC(C)[C@@H](O)C(O)[C@@H]1O. The van der Waals surface area contributed by atoms with Crippen LogP contribution in [0.5, 0.6) is 0 Å². The van der Waals surface area contributed by atoms with Crippen LogP contribution in [0.15, 0.2) is 0 Å². The van der Waals surface area contributed by atoms with Crippen molar-refractivity contribution < 1.29 is 58.7 Å². The topological polar surface area (TPSA) is 166 Å². The van der Waals surface area contributed by atoms with Crippen LogP contribution in [0.25, 0.3) is 0 Å². The summed E-state index contributed by atoms with van der Waals surface area (Å²) in [6, 6.07) is 0. The van der Waals surface area contributed by atoms with E-state index in [-0.39, 0.29) is 12.0 Å². The van der Waals surface area contributed by atoms with E-state index in [2.05, 4.69) is 0 Å². The maximum Gasteiger partial charge on any atom is 0.187 e. The number of hydrogen-bond acceptors (Lipinski definition) is 12. The lowest BCUT2D eigenvalue weighted by atomic mass is 9.85. The highest BCUT2D eigenvalue weighted by Gasteiger charge is 2.51. The van der Waals surface area contributed by atoms with Crippen molar-refractivity contribution in [3.63, 3.8) is 0 Å². The summed E-state index contributed by atoms with van der Waals surface area (Å²) in [7, 11) is 1.60. The van der Waals surface area contributed by atoms with Gasteiger partial charge >= 0.3 is 0 Å². The van der Waals surface area contributed by atoms with E-state index in [1.807, 2.05) is 6.92 Å². The third-order valence-corrected chi connectivity index (χ3v) is 8.22. The van der Waals surface area contributed by atoms with Gasteiger partial charge in [0.25, 0.3) is 0 Å². The molecule has 0 amide bonds. The van der Waals surface area contributed by atoms with Crippen LogP contribution < -0.4 is 0 Å². The van der Waals surface area contributed by atoms with E-state index in [0.29, 0.717) is 19.6 Å². The summed E-state index contributed by atoms with van der Waals surface area (Å²) >= 11 is 0. The lowest BCUT2D eigenvalue weighted by Gasteiger charge is -2.47. The summed E-state index contributed by atoms with van der Waals surface area (Å²) in [4.78, 5) is 0. The highest BCUT2D eigenvalue weighted by molar-refractivity contribution is 4.95. The number of aliphatic hydroxyl groups excluding tert-OH is 5. The summed E-state index contributed by atoms with van der Waals surface area (Å²) in [6.45, 7) is 4.00. The first-order valence-electron chi connectivity index (χ1n) is 14.0. The maximum absolute atomic E-state index is 11.0. The Kier molecular flexibility index (Phi) is 11.2. The standard InChI is InChI=1S/C26H46O12/c1-13-7-6-9-16(22(13)38-25-21(31)20(30)18(28)14(2)34-25)36-26-24-23(19(29)17(11-27)37-26)35-15(12-32-3)8-4-5-10-33-24/h13-31H,4-12H2,1-3H3/t13-,14?,15-,16-,17?,18-,19+,20?,21+,22?,23?,24?,25+,26-/m1/s1. The number of methoxy groups -OCH3 is 1. The van der Waals surface area contributed by atoms with Gasteiger partial charge in [-0.05, 0) is 44.9 Å². The normalized spacial score (nSPS) is 48.9. The summed E-state index contributed by atoms with van der Waals surface area (Å²) in [5.41, 5.74) is 0. The minimum Gasteiger partial charge on any atom is -0.394 e. The van der Waals surface area contributed by atoms with Crippen molar-refractivity contribution >= 4 is 0 Å². The second kappa shape index (κ2) is 13.9. The molecule has 6 unspecified atom stereocenters. The Labute approximate surface area is 224 Å². The highest BCUT2D eigenvalue weighted by Crippen LogP contribution is 2.36. The Balaban J connectivity index is 1.52. The molecule has 0 radical (unpaired) electrons. The van der Waals surface area contributed by atoms with Gasteiger partial charge in [-0.1, -0.05) is 13.3 Å². The van der Waals surface area contributed by atoms with Gasteiger partial charge in [0.15, 0.2) is 12.6 Å². The molecular weight excluding hydrogens is 504 g/mol. The molecule has 5 N–H and O–H groups in total. The van der Waals surface area contributed by atoms with Gasteiger partial charge < -0.3 is 58.7 Å². The zero-order valence-corrected chi connectivity index (χ0v) is 22.5. The van der Waals surface area contributed by atoms with E-state index in [1.54, 1.807) is 14.0 Å². The molecule has 0 aromatic heterocycles. The van der Waals surface area contributed by atoms with Crippen molar-refractivity contribution in [2.45, 2.75) is 132 Å². The minimum absolute atomic E-state index is 0.0336. The Hall–Kier alpha value is -0.480. The van der Waals surface area contributed by atoms with Crippen molar-refractivity contribution in [3.05, 3.63) is 0 Å². The molecule has 3 aliphatic heterocycles. The average molecular weight is 551 g/mol. The molecule has 0 spiro atoms. The van der Waals surface area contributed by atoms with Crippen LogP contribution in [0.2, 0.25) is 0 Å². The van der Waals surface area contributed by atoms with Gasteiger partial charge in [-0.15, -0.1) is 0 Å². The molecule has 12 nitrogen and oxygen atoms in total. The number of rotatable bonds is 7. The molecule has 0 aromatic carbocycles. The summed E-state index contributed by atoms with van der Waals surface area (Å²) < 4.78 is 42.2. The molecule has 0 bridgehead atoms. The predicted octanol–water partition coefficient (Wildman–Crippen LogP) is -0.548. The van der Waals surface area contributed by atoms with Crippen LogP contribution in [0.1, 0.15) is 52.4 Å². The number of hydrogen-bond donors (Lipinski definition) is 5. The predicted molar refractivity (Wildman–Crippen MR) is 131 cm³/mol. The molecule has 3 heterocycles. The fourth-order valence-electron chi connectivity index (χ4n) is 5.93. The second-order valence-electron chi connectivity index (χ2n) is 11.1. The Morgan fingerprint density at radius 1 is 0.763 bits per heavy atom. The zero-order valence-electron chi connectivity index (χ0n) is 22.5. The van der Waals surface area contributed by atoms with Gasteiger partial charge in [0.2, 0.25) is 0 Å². The van der Waals surface area contributed by atoms with E-state index in [9.17, 15) is 25.5 Å². The van der Waals surface area contributed by atoms with E-state index in [4.69, 9.17) is 33.2 Å². The molecule has 38 heavy (non-hydrogen) atoms. The molecular formula is C26H46O12. The van der Waals surface area contributed by atoms with E-state index in [0.717, 1.165) is 32.1 Å². The quantitative estimate of drug-likeness (QED) is 0.275. The summed E-state index contributed by atoms with van der Waals surface area (Å²) in [5.74, 6) is 0.0336. The first kappa shape index (κ1) is 30.5. The monoisotopic (exact) mass is 550 g/mol. The third-order valence-electron chi connectivity index (χ3n) is 8.22. The van der Waals surface area contributed by atoms with Crippen LogP contribution in [-0.2, 0) is 33.2 Å². The van der Waals surface area contributed by atoms with Gasteiger partial charge in [0.05, 0.1) is 37.6 Å². The van der Waals surface area contributed by atoms with Crippen LogP contribution in [0.3, 0.4) is 0 Å². The van der Waals surface area contributed by atoms with Crippen molar-refractivity contribution in [2.24, 2.45) is 5.92 Å². The molecule has 12 heteroatoms. The largest absolute Gasteiger partial charge is 0.394 e. The lowest BCUT2D eigenvalue weighted by Crippen LogP contribution is -2.63. The molecule has 4 fully saturated rings. The first-order valence-corrected chi connectivity index (χ1v) is 14.0. The number of aliphatic hydroxyl groups is 5. The maximum atomic E-state index is 11.0. The van der Waals surface area contributed by atoms with Crippen molar-refractivity contribution in [1.82, 2.24) is 0 Å². The molecule has 4 aliphatic rings. The molecule has 0 aromatic rings. The van der Waals surface area contributed by atoms with Crippen LogP contribution in [0.4, 0.5) is 0 Å². The van der Waals surface area contributed by atoms with Crippen LogP contribution in [-0.4, -0.2) is 132 Å². The van der Waals surface area contributed by atoms with Crippen molar-refractivity contribution in [1.29, 1.82) is 0 Å². The van der Waals surface area contributed by atoms with Crippen LogP contribution >= 0.6 is 0 Å². The minimum atomic E-state index is -1.43. The van der Waals surface area contributed by atoms with Crippen molar-refractivity contribution in [2.75, 3.05) is 26.9 Å². The van der Waals surface area contributed by atoms with Gasteiger partial charge in [0, 0.05) is 13.7 Å². The molecule has 1 saturated carbocycles. The average Bonchev–Trinajstić information content (AvgIpc) is 3.00. The van der Waals surface area contributed by atoms with Gasteiger partial charge in [-0.3, -0.25) is 0 Å². The molecule has 4 rings (SSSR count). The smallest absolute Gasteiger partial charge is 0.187 e. The fourth-order valence-corrected chi connectivity index (χ4v) is 5.93. The van der Waals surface area contributed by atoms with E-state index in [1.165, 1.54) is 0 Å². The summed E-state index contributed by atoms with van der Waals surface area (Å²) in [6.07, 6.45) is -6.95. The molecule has 1 aliphatic carbocycles.